The Morgan fingerprint density at radius 3 is 2.25 bits per heavy atom. The van der Waals surface area contributed by atoms with E-state index in [2.05, 4.69) is 68.5 Å². The molecule has 0 N–H and O–H groups in total. The van der Waals surface area contributed by atoms with Crippen LogP contribution in [0.4, 0.5) is 0 Å². The summed E-state index contributed by atoms with van der Waals surface area (Å²) in [6, 6.07) is 14.7. The van der Waals surface area contributed by atoms with Gasteiger partial charge in [0.1, 0.15) is 0 Å². The molecule has 0 heterocycles. The Kier molecular flexibility index (Phi) is 15.4. The molecule has 108 valence electrons. The van der Waals surface area contributed by atoms with Crippen molar-refractivity contribution >= 4 is 14.0 Å². The van der Waals surface area contributed by atoms with Gasteiger partial charge in [0.2, 0.25) is 0 Å². The van der Waals surface area contributed by atoms with E-state index < -0.39 is 0 Å². The van der Waals surface area contributed by atoms with Crippen LogP contribution in [0.1, 0.15) is 33.1 Å². The third kappa shape index (κ3) is 10.7. The topological polar surface area (TPSA) is 0 Å². The Labute approximate surface area is 150 Å². The minimum absolute atomic E-state index is 0. The van der Waals surface area contributed by atoms with Gasteiger partial charge < -0.3 is 30.9 Å². The van der Waals surface area contributed by atoms with E-state index >= 15 is 0 Å². The van der Waals surface area contributed by atoms with Crippen molar-refractivity contribution in [3.63, 3.8) is 0 Å². The van der Waals surface area contributed by atoms with Crippen LogP contribution in [-0.2, 0) is 24.2 Å². The van der Waals surface area contributed by atoms with Crippen molar-refractivity contribution in [2.24, 2.45) is 0 Å². The number of rotatable bonds is 0. The first-order chi connectivity index (χ1) is 8.70. The molecule has 0 aliphatic heterocycles. The molecule has 20 heavy (non-hydrogen) atoms. The molecular weight excluding hydrogens is 366 g/mol. The Hall–Kier alpha value is -0.0969. The summed E-state index contributed by atoms with van der Waals surface area (Å²) >= 11 is 1.55. The molecule has 0 unspecified atom stereocenters. The Morgan fingerprint density at radius 1 is 1.15 bits per heavy atom. The quantitative estimate of drug-likeness (QED) is 0.502. The Bertz CT molecular complexity index is 460. The summed E-state index contributed by atoms with van der Waals surface area (Å²) in [4.78, 5) is 0. The molecule has 0 atom stereocenters. The molecule has 2 aromatic rings. The molecular formula is C17H20Cl2Zr-2. The van der Waals surface area contributed by atoms with Crippen molar-refractivity contribution < 1.29 is 49.0 Å². The summed E-state index contributed by atoms with van der Waals surface area (Å²) in [5.74, 6) is 0. The van der Waals surface area contributed by atoms with Crippen molar-refractivity contribution in [3.8, 4) is 0 Å². The molecule has 0 spiro atoms. The van der Waals surface area contributed by atoms with Gasteiger partial charge in [-0.2, -0.15) is 23.9 Å². The zero-order valence-electron chi connectivity index (χ0n) is 12.0. The molecule has 0 amide bonds. The van der Waals surface area contributed by atoms with Gasteiger partial charge in [-0.15, -0.1) is 29.7 Å². The zero-order chi connectivity index (χ0) is 13.2. The van der Waals surface area contributed by atoms with Crippen LogP contribution in [0.15, 0.2) is 48.5 Å². The van der Waals surface area contributed by atoms with Gasteiger partial charge in [0.05, 0.1) is 0 Å². The average Bonchev–Trinajstić information content (AvgIpc) is 3.03. The number of fused-ring (bicyclic) bond motifs is 1. The van der Waals surface area contributed by atoms with Crippen molar-refractivity contribution in [1.82, 2.24) is 0 Å². The summed E-state index contributed by atoms with van der Waals surface area (Å²) in [6.07, 6.45) is 9.00. The molecule has 0 bridgehead atoms. The van der Waals surface area contributed by atoms with Crippen LogP contribution in [-0.4, -0.2) is 3.21 Å². The summed E-state index contributed by atoms with van der Waals surface area (Å²) in [5, 5.41) is 2.66. The van der Waals surface area contributed by atoms with Gasteiger partial charge in [0.15, 0.2) is 0 Å². The van der Waals surface area contributed by atoms with Gasteiger partial charge in [-0.1, -0.05) is 18.9 Å². The molecule has 0 saturated carbocycles. The van der Waals surface area contributed by atoms with Gasteiger partial charge in [0, 0.05) is 0 Å². The second-order valence-corrected chi connectivity index (χ2v) is 6.91. The summed E-state index contributed by atoms with van der Waals surface area (Å²) < 4.78 is 1.51. The predicted molar refractivity (Wildman–Crippen MR) is 77.6 cm³/mol. The summed E-state index contributed by atoms with van der Waals surface area (Å²) in [5.41, 5.74) is 0. The first-order valence-corrected chi connectivity index (χ1v) is 7.60. The van der Waals surface area contributed by atoms with E-state index in [0.29, 0.717) is 0 Å². The molecule has 1 aliphatic carbocycles. The number of benzene rings is 1. The normalized spacial score (nSPS) is 11.2. The second-order valence-electron chi connectivity index (χ2n) is 4.46. The number of hydrogen-bond acceptors (Lipinski definition) is 0. The van der Waals surface area contributed by atoms with Crippen LogP contribution in [0, 0.1) is 6.08 Å². The van der Waals surface area contributed by atoms with Crippen LogP contribution in [0.25, 0.3) is 10.8 Å². The third-order valence-corrected chi connectivity index (χ3v) is 2.36. The Balaban J connectivity index is 0. The molecule has 3 heteroatoms. The van der Waals surface area contributed by atoms with E-state index in [1.165, 1.54) is 33.2 Å². The first kappa shape index (κ1) is 22.2. The van der Waals surface area contributed by atoms with Crippen molar-refractivity contribution in [2.75, 3.05) is 0 Å². The fraction of sp³-hybridized carbons (Fsp3) is 0.294. The maximum absolute atomic E-state index is 3.10. The van der Waals surface area contributed by atoms with Crippen LogP contribution in [0.2, 0.25) is 0 Å². The van der Waals surface area contributed by atoms with Gasteiger partial charge in [-0.25, -0.2) is 0 Å². The molecule has 3 rings (SSSR count). The largest absolute Gasteiger partial charge is 1.00 e. The van der Waals surface area contributed by atoms with Crippen LogP contribution in [0.5, 0.6) is 0 Å². The minimum Gasteiger partial charge on any atom is -1.00 e. The molecule has 0 saturated heterocycles. The molecule has 0 fully saturated rings. The smallest absolute Gasteiger partial charge is 0.0694 e. The minimum atomic E-state index is 0. The van der Waals surface area contributed by atoms with Gasteiger partial charge in [-0.3, -0.25) is 6.08 Å². The average molecular weight is 386 g/mol. The van der Waals surface area contributed by atoms with E-state index in [4.69, 9.17) is 0 Å². The van der Waals surface area contributed by atoms with Crippen LogP contribution < -0.4 is 24.8 Å². The van der Waals surface area contributed by atoms with Gasteiger partial charge >= 0.3 is 41.3 Å². The number of halogens is 2. The van der Waals surface area contributed by atoms with E-state index in [0.717, 1.165) is 0 Å². The van der Waals surface area contributed by atoms with Crippen LogP contribution in [0.3, 0.4) is 0 Å². The predicted octanol–water partition coefficient (Wildman–Crippen LogP) is -1.16. The fourth-order valence-corrected chi connectivity index (χ4v) is 1.58. The molecule has 2 aromatic carbocycles. The third-order valence-electron chi connectivity index (χ3n) is 2.36. The molecule has 0 radical (unpaired) electrons. The molecule has 1 aliphatic rings. The Morgan fingerprint density at radius 2 is 1.80 bits per heavy atom. The van der Waals surface area contributed by atoms with E-state index in [-0.39, 0.29) is 24.8 Å². The molecule has 0 nitrogen and oxygen atoms in total. The SMILES string of the molecule is C[C](C)=[Zr+2].[C-]1=CCCC1.[Cl-].[Cl-].c1ccc2[cH-]ccc2c1. The fourth-order valence-electron chi connectivity index (χ4n) is 1.58. The molecule has 0 aromatic heterocycles. The maximum Gasteiger partial charge on any atom is -0.0694 e. The summed E-state index contributed by atoms with van der Waals surface area (Å²) in [7, 11) is 0. The van der Waals surface area contributed by atoms with E-state index in [1.807, 2.05) is 0 Å². The van der Waals surface area contributed by atoms with E-state index in [9.17, 15) is 0 Å². The van der Waals surface area contributed by atoms with Crippen molar-refractivity contribution in [2.45, 2.75) is 33.1 Å². The maximum atomic E-state index is 3.10. The first-order valence-electron chi connectivity index (χ1n) is 6.37. The van der Waals surface area contributed by atoms with E-state index in [1.54, 1.807) is 24.2 Å². The summed E-state index contributed by atoms with van der Waals surface area (Å²) in [6.45, 7) is 4.25. The zero-order valence-corrected chi connectivity index (χ0v) is 16.0. The van der Waals surface area contributed by atoms with Gasteiger partial charge in [-0.05, 0) is 0 Å². The van der Waals surface area contributed by atoms with Crippen molar-refractivity contribution in [1.29, 1.82) is 0 Å². The van der Waals surface area contributed by atoms with Crippen molar-refractivity contribution in [3.05, 3.63) is 54.6 Å². The standard InChI is InChI=1S/C9H7.C5H7.C3H6.2ClH.Zr/c1-2-5-9-7-3-6-8(9)4-1;1-2-4-5-3-1;1-3-2;;;/h1-7H;1H,2,4-5H2;1-2H3;2*1H;/q2*-1;;;;+2/p-2. The number of allylic oxidation sites excluding steroid dienone is 2. The monoisotopic (exact) mass is 384 g/mol. The number of hydrogen-bond donors (Lipinski definition) is 0. The second kappa shape index (κ2) is 13.9. The van der Waals surface area contributed by atoms with Gasteiger partial charge in [0.25, 0.3) is 0 Å². The van der Waals surface area contributed by atoms with Crippen LogP contribution >= 0.6 is 0 Å².